The SMILES string of the molecule is CCOc1ccc(-c2noc(CCC(=O)N(CC)CC(C)C#N)n2)cc1. The van der Waals surface area contributed by atoms with Crippen LogP contribution >= 0.6 is 0 Å². The molecule has 0 saturated heterocycles. The topological polar surface area (TPSA) is 92.3 Å². The van der Waals surface area contributed by atoms with Gasteiger partial charge in [-0.3, -0.25) is 4.79 Å². The van der Waals surface area contributed by atoms with Crippen LogP contribution in [0, 0.1) is 17.2 Å². The minimum atomic E-state index is -0.187. The summed E-state index contributed by atoms with van der Waals surface area (Å²) < 4.78 is 10.7. The van der Waals surface area contributed by atoms with Crippen molar-refractivity contribution >= 4 is 5.91 Å². The van der Waals surface area contributed by atoms with Gasteiger partial charge in [0.25, 0.3) is 0 Å². The third kappa shape index (κ3) is 5.31. The van der Waals surface area contributed by atoms with E-state index in [-0.39, 0.29) is 18.2 Å². The molecule has 26 heavy (non-hydrogen) atoms. The number of nitrogens with zero attached hydrogens (tertiary/aromatic N) is 4. The Kier molecular flexibility index (Phi) is 7.15. The molecule has 1 atom stereocenters. The van der Waals surface area contributed by atoms with Gasteiger partial charge in [0.05, 0.1) is 18.6 Å². The molecule has 1 heterocycles. The van der Waals surface area contributed by atoms with Crippen molar-refractivity contribution in [3.05, 3.63) is 30.2 Å². The molecule has 1 aromatic heterocycles. The van der Waals surface area contributed by atoms with Crippen molar-refractivity contribution < 1.29 is 14.1 Å². The molecule has 138 valence electrons. The Morgan fingerprint density at radius 3 is 2.69 bits per heavy atom. The van der Waals surface area contributed by atoms with Crippen LogP contribution in [-0.4, -0.2) is 40.6 Å². The zero-order chi connectivity index (χ0) is 18.9. The van der Waals surface area contributed by atoms with Gasteiger partial charge in [0.1, 0.15) is 5.75 Å². The number of amides is 1. The molecule has 7 heteroatoms. The Morgan fingerprint density at radius 2 is 2.08 bits per heavy atom. The molecule has 0 aliphatic carbocycles. The van der Waals surface area contributed by atoms with Gasteiger partial charge in [-0.2, -0.15) is 10.2 Å². The van der Waals surface area contributed by atoms with Gasteiger partial charge in [0, 0.05) is 31.5 Å². The summed E-state index contributed by atoms with van der Waals surface area (Å²) in [7, 11) is 0. The van der Waals surface area contributed by atoms with Crippen LogP contribution in [0.1, 0.15) is 33.1 Å². The minimum Gasteiger partial charge on any atom is -0.494 e. The van der Waals surface area contributed by atoms with Crippen LogP contribution in [0.25, 0.3) is 11.4 Å². The predicted octanol–water partition coefficient (Wildman–Crippen LogP) is 3.08. The van der Waals surface area contributed by atoms with Crippen molar-refractivity contribution in [2.45, 2.75) is 33.6 Å². The first kappa shape index (κ1) is 19.4. The van der Waals surface area contributed by atoms with E-state index in [0.717, 1.165) is 11.3 Å². The molecule has 1 amide bonds. The van der Waals surface area contributed by atoms with Gasteiger partial charge in [-0.05, 0) is 45.0 Å². The van der Waals surface area contributed by atoms with Gasteiger partial charge in [0.2, 0.25) is 17.6 Å². The normalized spacial score (nSPS) is 11.6. The zero-order valence-corrected chi connectivity index (χ0v) is 15.4. The van der Waals surface area contributed by atoms with Gasteiger partial charge in [0.15, 0.2) is 0 Å². The maximum Gasteiger partial charge on any atom is 0.227 e. The first-order valence-corrected chi connectivity index (χ1v) is 8.80. The number of aryl methyl sites for hydroxylation is 1. The van der Waals surface area contributed by atoms with Gasteiger partial charge < -0.3 is 14.2 Å². The molecular weight excluding hydrogens is 332 g/mol. The van der Waals surface area contributed by atoms with Crippen LogP contribution in [0.15, 0.2) is 28.8 Å². The fraction of sp³-hybridized carbons (Fsp3) is 0.474. The molecule has 2 rings (SSSR count). The molecular formula is C19H24N4O3. The number of ether oxygens (including phenoxy) is 1. The van der Waals surface area contributed by atoms with E-state index in [1.807, 2.05) is 38.1 Å². The van der Waals surface area contributed by atoms with Gasteiger partial charge in [-0.25, -0.2) is 0 Å². The van der Waals surface area contributed by atoms with Crippen molar-refractivity contribution in [2.24, 2.45) is 5.92 Å². The van der Waals surface area contributed by atoms with Gasteiger partial charge in [-0.1, -0.05) is 5.16 Å². The minimum absolute atomic E-state index is 0.0181. The number of carbonyl (C=O) groups excluding carboxylic acids is 1. The Bertz CT molecular complexity index is 749. The predicted molar refractivity (Wildman–Crippen MR) is 96.3 cm³/mol. The fourth-order valence-electron chi connectivity index (χ4n) is 2.49. The van der Waals surface area contributed by atoms with Crippen molar-refractivity contribution in [1.82, 2.24) is 15.0 Å². The monoisotopic (exact) mass is 356 g/mol. The van der Waals surface area contributed by atoms with Gasteiger partial charge >= 0.3 is 0 Å². The van der Waals surface area contributed by atoms with E-state index >= 15 is 0 Å². The number of benzene rings is 1. The highest BCUT2D eigenvalue weighted by atomic mass is 16.5. The quantitative estimate of drug-likeness (QED) is 0.685. The second-order valence-corrected chi connectivity index (χ2v) is 5.93. The summed E-state index contributed by atoms with van der Waals surface area (Å²) in [6.45, 7) is 7.26. The maximum absolute atomic E-state index is 12.3. The van der Waals surface area contributed by atoms with Crippen molar-refractivity contribution in [2.75, 3.05) is 19.7 Å². The molecule has 0 fully saturated rings. The summed E-state index contributed by atoms with van der Waals surface area (Å²) in [4.78, 5) is 18.3. The molecule has 0 aliphatic rings. The Balaban J connectivity index is 1.93. The highest BCUT2D eigenvalue weighted by Gasteiger charge is 2.16. The second kappa shape index (κ2) is 9.56. The van der Waals surface area contributed by atoms with Crippen LogP contribution < -0.4 is 4.74 Å². The average Bonchev–Trinajstić information content (AvgIpc) is 3.13. The lowest BCUT2D eigenvalue weighted by molar-refractivity contribution is -0.131. The van der Waals surface area contributed by atoms with E-state index in [1.54, 1.807) is 11.8 Å². The molecule has 0 saturated carbocycles. The molecule has 2 aromatic rings. The van der Waals surface area contributed by atoms with E-state index in [2.05, 4.69) is 16.2 Å². The Labute approximate surface area is 153 Å². The smallest absolute Gasteiger partial charge is 0.227 e. The van der Waals surface area contributed by atoms with Crippen LogP contribution in [0.3, 0.4) is 0 Å². The van der Waals surface area contributed by atoms with Crippen molar-refractivity contribution in [3.8, 4) is 23.2 Å². The number of rotatable bonds is 9. The first-order valence-electron chi connectivity index (χ1n) is 8.80. The maximum atomic E-state index is 12.3. The highest BCUT2D eigenvalue weighted by molar-refractivity contribution is 5.76. The average molecular weight is 356 g/mol. The Morgan fingerprint density at radius 1 is 1.35 bits per heavy atom. The van der Waals surface area contributed by atoms with E-state index in [1.165, 1.54) is 0 Å². The fourth-order valence-corrected chi connectivity index (χ4v) is 2.49. The molecule has 1 unspecified atom stereocenters. The molecule has 0 N–H and O–H groups in total. The lowest BCUT2D eigenvalue weighted by atomic mass is 10.2. The zero-order valence-electron chi connectivity index (χ0n) is 15.4. The summed E-state index contributed by atoms with van der Waals surface area (Å²) in [6.07, 6.45) is 0.650. The number of carbonyl (C=O) groups is 1. The number of hydrogen-bond donors (Lipinski definition) is 0. The van der Waals surface area contributed by atoms with Crippen LogP contribution in [0.2, 0.25) is 0 Å². The molecule has 7 nitrogen and oxygen atoms in total. The number of hydrogen-bond acceptors (Lipinski definition) is 6. The highest BCUT2D eigenvalue weighted by Crippen LogP contribution is 2.20. The summed E-state index contributed by atoms with van der Waals surface area (Å²) in [5.41, 5.74) is 0.827. The molecule has 0 bridgehead atoms. The van der Waals surface area contributed by atoms with Gasteiger partial charge in [-0.15, -0.1) is 0 Å². The summed E-state index contributed by atoms with van der Waals surface area (Å²) in [6, 6.07) is 9.59. The third-order valence-electron chi connectivity index (χ3n) is 3.89. The summed E-state index contributed by atoms with van der Waals surface area (Å²) >= 11 is 0. The van der Waals surface area contributed by atoms with Crippen LogP contribution in [0.4, 0.5) is 0 Å². The van der Waals surface area contributed by atoms with E-state index in [0.29, 0.717) is 37.8 Å². The molecule has 0 spiro atoms. The lowest BCUT2D eigenvalue weighted by Gasteiger charge is -2.21. The lowest BCUT2D eigenvalue weighted by Crippen LogP contribution is -2.34. The van der Waals surface area contributed by atoms with Crippen molar-refractivity contribution in [1.29, 1.82) is 5.26 Å². The summed E-state index contributed by atoms with van der Waals surface area (Å²) in [5.74, 6) is 1.49. The molecule has 0 radical (unpaired) electrons. The number of aromatic nitrogens is 2. The van der Waals surface area contributed by atoms with E-state index in [4.69, 9.17) is 14.5 Å². The first-order chi connectivity index (χ1) is 12.6. The van der Waals surface area contributed by atoms with E-state index in [9.17, 15) is 4.79 Å². The largest absolute Gasteiger partial charge is 0.494 e. The van der Waals surface area contributed by atoms with Crippen LogP contribution in [-0.2, 0) is 11.2 Å². The third-order valence-corrected chi connectivity index (χ3v) is 3.89. The van der Waals surface area contributed by atoms with Crippen molar-refractivity contribution in [3.63, 3.8) is 0 Å². The summed E-state index contributed by atoms with van der Waals surface area (Å²) in [5, 5.41) is 12.9. The Hall–Kier alpha value is -2.88. The molecule has 0 aliphatic heterocycles. The van der Waals surface area contributed by atoms with Crippen LogP contribution in [0.5, 0.6) is 5.75 Å². The standard InChI is InChI=1S/C19H24N4O3/c1-4-23(13-14(3)12-20)18(24)11-10-17-21-19(22-26-17)15-6-8-16(9-7-15)25-5-2/h6-9,14H,4-5,10-11,13H2,1-3H3. The number of nitriles is 1. The van der Waals surface area contributed by atoms with E-state index < -0.39 is 0 Å². The molecule has 1 aromatic carbocycles. The second-order valence-electron chi connectivity index (χ2n) is 5.93.